The van der Waals surface area contributed by atoms with Gasteiger partial charge in [-0.05, 0) is 55.8 Å². The average Bonchev–Trinajstić information content (AvgIpc) is 3.02. The number of benzene rings is 5. The Bertz CT molecular complexity index is 1700. The summed E-state index contributed by atoms with van der Waals surface area (Å²) in [5.74, 6) is -0.767. The number of ether oxygens (including phenoxy) is 1. The lowest BCUT2D eigenvalue weighted by Gasteiger charge is -2.23. The minimum absolute atomic E-state index is 0.0137. The Morgan fingerprint density at radius 1 is 0.714 bits per heavy atom. The standard InChI is InChI=1S/C18H13NO3.C17H21NO2/c20-17(14-9-3-4-10-15(14)18(21)22)19-16-11-5-7-12-6-1-2-8-13(12)16;1-4-18(5-2)17(19)13(3)20-16-12-8-10-14-9-6-7-11-15(14)16/h1-11H,(H,19,20)(H,21,22);6-13H,4-5H2,1-3H3. The van der Waals surface area contributed by atoms with Gasteiger partial charge in [0.1, 0.15) is 5.75 Å². The molecule has 0 spiro atoms. The van der Waals surface area contributed by atoms with Crippen molar-refractivity contribution in [3.05, 3.63) is 120 Å². The van der Waals surface area contributed by atoms with E-state index in [1.54, 1.807) is 23.1 Å². The number of likely N-dealkylation sites (N-methyl/N-ethyl adjacent to an activating group) is 1. The third kappa shape index (κ3) is 6.93. The first-order chi connectivity index (χ1) is 20.3. The van der Waals surface area contributed by atoms with Gasteiger partial charge in [-0.1, -0.05) is 84.9 Å². The van der Waals surface area contributed by atoms with Gasteiger partial charge in [0, 0.05) is 29.5 Å². The van der Waals surface area contributed by atoms with E-state index in [4.69, 9.17) is 4.74 Å². The summed E-state index contributed by atoms with van der Waals surface area (Å²) < 4.78 is 5.88. The van der Waals surface area contributed by atoms with Crippen molar-refractivity contribution in [2.24, 2.45) is 0 Å². The van der Waals surface area contributed by atoms with Crippen LogP contribution < -0.4 is 10.1 Å². The van der Waals surface area contributed by atoms with Crippen molar-refractivity contribution in [3.8, 4) is 5.75 Å². The second kappa shape index (κ2) is 13.9. The minimum Gasteiger partial charge on any atom is -0.480 e. The molecule has 5 aromatic rings. The van der Waals surface area contributed by atoms with E-state index < -0.39 is 18.0 Å². The molecule has 0 saturated carbocycles. The van der Waals surface area contributed by atoms with Gasteiger partial charge in [-0.2, -0.15) is 0 Å². The molecule has 0 aliphatic heterocycles. The molecule has 1 atom stereocenters. The molecule has 0 saturated heterocycles. The maximum absolute atomic E-state index is 12.4. The highest BCUT2D eigenvalue weighted by atomic mass is 16.5. The molecule has 2 N–H and O–H groups in total. The highest BCUT2D eigenvalue weighted by Gasteiger charge is 2.20. The topological polar surface area (TPSA) is 95.9 Å². The number of carboxylic acids is 1. The van der Waals surface area contributed by atoms with Gasteiger partial charge in [-0.3, -0.25) is 9.59 Å². The van der Waals surface area contributed by atoms with Gasteiger partial charge < -0.3 is 20.1 Å². The number of hydrogen-bond acceptors (Lipinski definition) is 4. The molecule has 7 heteroatoms. The molecule has 5 rings (SSSR count). The first-order valence-electron chi connectivity index (χ1n) is 13.9. The predicted molar refractivity (Wildman–Crippen MR) is 167 cm³/mol. The molecule has 0 aliphatic rings. The summed E-state index contributed by atoms with van der Waals surface area (Å²) in [5, 5.41) is 16.0. The van der Waals surface area contributed by atoms with E-state index in [0.29, 0.717) is 18.8 Å². The van der Waals surface area contributed by atoms with Crippen molar-refractivity contribution in [3.63, 3.8) is 0 Å². The van der Waals surface area contributed by atoms with Crippen LogP contribution in [-0.2, 0) is 4.79 Å². The molecule has 0 aliphatic carbocycles. The fourth-order valence-corrected chi connectivity index (χ4v) is 4.72. The van der Waals surface area contributed by atoms with E-state index in [0.717, 1.165) is 27.3 Å². The zero-order valence-corrected chi connectivity index (χ0v) is 23.9. The summed E-state index contributed by atoms with van der Waals surface area (Å²) >= 11 is 0. The lowest BCUT2D eigenvalue weighted by Crippen LogP contribution is -2.40. The summed E-state index contributed by atoms with van der Waals surface area (Å²) in [4.78, 5) is 37.7. The number of nitrogens with zero attached hydrogens (tertiary/aromatic N) is 1. The van der Waals surface area contributed by atoms with Gasteiger partial charge in [-0.25, -0.2) is 4.79 Å². The van der Waals surface area contributed by atoms with Gasteiger partial charge >= 0.3 is 5.97 Å². The Morgan fingerprint density at radius 3 is 1.88 bits per heavy atom. The smallest absolute Gasteiger partial charge is 0.336 e. The number of carboxylic acid groups (broad SMARTS) is 1. The van der Waals surface area contributed by atoms with Crippen LogP contribution in [0.1, 0.15) is 41.5 Å². The Balaban J connectivity index is 0.000000194. The SMILES string of the molecule is CCN(CC)C(=O)C(C)Oc1cccc2ccccc12.O=C(O)c1ccccc1C(=O)Nc1cccc2ccccc12. The number of amides is 2. The Kier molecular flexibility index (Phi) is 9.90. The second-order valence-electron chi connectivity index (χ2n) is 9.58. The largest absolute Gasteiger partial charge is 0.480 e. The number of nitrogens with one attached hydrogen (secondary N) is 1. The molecule has 1 unspecified atom stereocenters. The lowest BCUT2D eigenvalue weighted by molar-refractivity contribution is -0.137. The van der Waals surface area contributed by atoms with E-state index in [2.05, 4.69) is 5.32 Å². The third-order valence-corrected chi connectivity index (χ3v) is 6.92. The van der Waals surface area contributed by atoms with Crippen LogP contribution in [0.5, 0.6) is 5.75 Å². The van der Waals surface area contributed by atoms with Gasteiger partial charge in [0.15, 0.2) is 6.10 Å². The zero-order valence-electron chi connectivity index (χ0n) is 23.9. The molecule has 5 aromatic carbocycles. The van der Waals surface area contributed by atoms with E-state index in [9.17, 15) is 19.5 Å². The van der Waals surface area contributed by atoms with Crippen LogP contribution in [0.4, 0.5) is 5.69 Å². The van der Waals surface area contributed by atoms with Crippen molar-refractivity contribution in [2.75, 3.05) is 18.4 Å². The highest BCUT2D eigenvalue weighted by molar-refractivity contribution is 6.13. The molecule has 0 bridgehead atoms. The number of hydrogen-bond donors (Lipinski definition) is 2. The Labute approximate surface area is 245 Å². The Hall–Kier alpha value is -5.17. The van der Waals surface area contributed by atoms with Crippen LogP contribution in [0.2, 0.25) is 0 Å². The summed E-state index contributed by atoms with van der Waals surface area (Å²) in [7, 11) is 0. The fraction of sp³-hybridized carbons (Fsp3) is 0.171. The molecule has 214 valence electrons. The molecule has 0 aromatic heterocycles. The minimum atomic E-state index is -1.12. The van der Waals surface area contributed by atoms with Gasteiger partial charge in [0.05, 0.1) is 11.1 Å². The summed E-state index contributed by atoms with van der Waals surface area (Å²) in [6.07, 6.45) is -0.472. The molecule has 2 amide bonds. The van der Waals surface area contributed by atoms with Crippen LogP contribution in [0, 0.1) is 0 Å². The van der Waals surface area contributed by atoms with E-state index in [-0.39, 0.29) is 17.0 Å². The van der Waals surface area contributed by atoms with E-state index in [1.165, 1.54) is 12.1 Å². The molecule has 0 radical (unpaired) electrons. The number of rotatable bonds is 8. The normalized spacial score (nSPS) is 11.2. The molecule has 0 heterocycles. The zero-order chi connectivity index (χ0) is 30.1. The summed E-state index contributed by atoms with van der Waals surface area (Å²) in [5.41, 5.74) is 0.784. The van der Waals surface area contributed by atoms with Crippen molar-refractivity contribution >= 4 is 45.0 Å². The molecular weight excluding hydrogens is 528 g/mol. The summed E-state index contributed by atoms with van der Waals surface area (Å²) in [6, 6.07) is 33.4. The first kappa shape index (κ1) is 29.8. The van der Waals surface area contributed by atoms with Crippen molar-refractivity contribution in [2.45, 2.75) is 26.9 Å². The van der Waals surface area contributed by atoms with Gasteiger partial charge in [-0.15, -0.1) is 0 Å². The summed E-state index contributed by atoms with van der Waals surface area (Å²) in [6.45, 7) is 7.18. The number of anilines is 1. The lowest BCUT2D eigenvalue weighted by atomic mass is 10.1. The number of carbonyl (C=O) groups excluding carboxylic acids is 2. The first-order valence-corrected chi connectivity index (χ1v) is 13.9. The maximum atomic E-state index is 12.4. The van der Waals surface area contributed by atoms with Gasteiger partial charge in [0.2, 0.25) is 0 Å². The van der Waals surface area contributed by atoms with Crippen LogP contribution in [0.3, 0.4) is 0 Å². The quantitative estimate of drug-likeness (QED) is 0.207. The number of aromatic carboxylic acids is 1. The second-order valence-corrected chi connectivity index (χ2v) is 9.58. The van der Waals surface area contributed by atoms with Crippen molar-refractivity contribution in [1.29, 1.82) is 0 Å². The predicted octanol–water partition coefficient (Wildman–Crippen LogP) is 7.27. The fourth-order valence-electron chi connectivity index (χ4n) is 4.72. The van der Waals surface area contributed by atoms with Crippen LogP contribution in [0.15, 0.2) is 109 Å². The maximum Gasteiger partial charge on any atom is 0.336 e. The van der Waals surface area contributed by atoms with E-state index in [1.807, 2.05) is 99.6 Å². The molecule has 7 nitrogen and oxygen atoms in total. The highest BCUT2D eigenvalue weighted by Crippen LogP contribution is 2.26. The van der Waals surface area contributed by atoms with Crippen molar-refractivity contribution < 1.29 is 24.2 Å². The Morgan fingerprint density at radius 2 is 1.24 bits per heavy atom. The number of fused-ring (bicyclic) bond motifs is 2. The van der Waals surface area contributed by atoms with Crippen LogP contribution in [-0.4, -0.2) is 47.0 Å². The van der Waals surface area contributed by atoms with Gasteiger partial charge in [0.25, 0.3) is 11.8 Å². The van der Waals surface area contributed by atoms with E-state index >= 15 is 0 Å². The molecular formula is C35H34N2O5. The molecule has 0 fully saturated rings. The van der Waals surface area contributed by atoms with Crippen molar-refractivity contribution in [1.82, 2.24) is 4.90 Å². The number of carbonyl (C=O) groups is 3. The van der Waals surface area contributed by atoms with Crippen LogP contribution >= 0.6 is 0 Å². The third-order valence-electron chi connectivity index (χ3n) is 6.92. The molecule has 42 heavy (non-hydrogen) atoms. The average molecular weight is 563 g/mol. The monoisotopic (exact) mass is 562 g/mol. The van der Waals surface area contributed by atoms with Crippen LogP contribution in [0.25, 0.3) is 21.5 Å².